The van der Waals surface area contributed by atoms with Crippen LogP contribution in [0.3, 0.4) is 0 Å². The number of nitrogens with zero attached hydrogens (tertiary/aromatic N) is 1. The fourth-order valence-electron chi connectivity index (χ4n) is 2.20. The number of hydrogen-bond acceptors (Lipinski definition) is 1. The molecule has 0 saturated carbocycles. The standard InChI is InChI=1S/C13H18N2/c1-5-8(2)13-10(4)9(3)6-12-11(13)7-14-15-12/h6-8H,5H2,1-4H3,(H,14,15). The number of hydrogen-bond donors (Lipinski definition) is 1. The average Bonchev–Trinajstić information content (AvgIpc) is 2.66. The van der Waals surface area contributed by atoms with Gasteiger partial charge in [0.25, 0.3) is 0 Å². The van der Waals surface area contributed by atoms with Gasteiger partial charge in [0.15, 0.2) is 0 Å². The summed E-state index contributed by atoms with van der Waals surface area (Å²) in [5.74, 6) is 0.602. The van der Waals surface area contributed by atoms with Crippen molar-refractivity contribution in [1.29, 1.82) is 0 Å². The third-order valence-electron chi connectivity index (χ3n) is 3.42. The first kappa shape index (κ1) is 10.2. The molecule has 0 amide bonds. The summed E-state index contributed by atoms with van der Waals surface area (Å²) in [4.78, 5) is 0. The fourth-order valence-corrected chi connectivity index (χ4v) is 2.20. The van der Waals surface area contributed by atoms with Gasteiger partial charge in [-0.05, 0) is 48.9 Å². The molecule has 2 heteroatoms. The molecule has 0 radical (unpaired) electrons. The molecule has 1 N–H and O–H groups in total. The molecule has 0 bridgehead atoms. The molecule has 0 fully saturated rings. The Morgan fingerprint density at radius 3 is 2.80 bits per heavy atom. The SMILES string of the molecule is CCC(C)c1c(C)c(C)cc2[nH]ncc12. The molecule has 1 aromatic heterocycles. The Morgan fingerprint density at radius 2 is 2.13 bits per heavy atom. The van der Waals surface area contributed by atoms with E-state index in [9.17, 15) is 0 Å². The van der Waals surface area contributed by atoms with E-state index in [0.717, 1.165) is 5.52 Å². The van der Waals surface area contributed by atoms with Crippen molar-refractivity contribution in [2.45, 2.75) is 40.0 Å². The van der Waals surface area contributed by atoms with Crippen molar-refractivity contribution in [1.82, 2.24) is 10.2 Å². The quantitative estimate of drug-likeness (QED) is 0.790. The highest BCUT2D eigenvalue weighted by Crippen LogP contribution is 2.31. The summed E-state index contributed by atoms with van der Waals surface area (Å²) in [6.07, 6.45) is 3.12. The highest BCUT2D eigenvalue weighted by atomic mass is 15.1. The number of H-pyrrole nitrogens is 1. The van der Waals surface area contributed by atoms with Crippen LogP contribution in [0.4, 0.5) is 0 Å². The summed E-state index contributed by atoms with van der Waals surface area (Å²) < 4.78 is 0. The van der Waals surface area contributed by atoms with E-state index in [1.54, 1.807) is 0 Å². The van der Waals surface area contributed by atoms with Gasteiger partial charge in [-0.1, -0.05) is 13.8 Å². The lowest BCUT2D eigenvalue weighted by Crippen LogP contribution is -1.98. The molecule has 0 saturated heterocycles. The molecule has 80 valence electrons. The Balaban J connectivity index is 2.77. The zero-order chi connectivity index (χ0) is 11.0. The van der Waals surface area contributed by atoms with Crippen LogP contribution < -0.4 is 0 Å². The van der Waals surface area contributed by atoms with Gasteiger partial charge in [0.1, 0.15) is 0 Å². The molecular formula is C13H18N2. The van der Waals surface area contributed by atoms with Gasteiger partial charge in [-0.2, -0.15) is 5.10 Å². The van der Waals surface area contributed by atoms with Crippen molar-refractivity contribution in [3.8, 4) is 0 Å². The number of aromatic nitrogens is 2. The van der Waals surface area contributed by atoms with Gasteiger partial charge in [-0.3, -0.25) is 5.10 Å². The van der Waals surface area contributed by atoms with Crippen molar-refractivity contribution in [3.63, 3.8) is 0 Å². The Bertz CT molecular complexity index is 482. The van der Waals surface area contributed by atoms with E-state index in [2.05, 4.69) is 44.0 Å². The highest BCUT2D eigenvalue weighted by molar-refractivity contribution is 5.84. The first-order valence-electron chi connectivity index (χ1n) is 5.58. The van der Waals surface area contributed by atoms with Crippen LogP contribution >= 0.6 is 0 Å². The van der Waals surface area contributed by atoms with E-state index in [-0.39, 0.29) is 0 Å². The maximum Gasteiger partial charge on any atom is 0.0656 e. The van der Waals surface area contributed by atoms with Crippen LogP contribution in [-0.4, -0.2) is 10.2 Å². The van der Waals surface area contributed by atoms with Crippen LogP contribution in [0.5, 0.6) is 0 Å². The summed E-state index contributed by atoms with van der Waals surface area (Å²) in [5, 5.41) is 8.48. The lowest BCUT2D eigenvalue weighted by molar-refractivity contribution is 0.733. The lowest BCUT2D eigenvalue weighted by Gasteiger charge is -2.15. The maximum atomic E-state index is 4.14. The van der Waals surface area contributed by atoms with Crippen molar-refractivity contribution in [2.75, 3.05) is 0 Å². The van der Waals surface area contributed by atoms with Crippen LogP contribution in [-0.2, 0) is 0 Å². The zero-order valence-electron chi connectivity index (χ0n) is 9.89. The lowest BCUT2D eigenvalue weighted by atomic mass is 9.89. The summed E-state index contributed by atoms with van der Waals surface area (Å²) in [6, 6.07) is 2.18. The monoisotopic (exact) mass is 202 g/mol. The molecule has 0 aliphatic rings. The van der Waals surface area contributed by atoms with Crippen LogP contribution in [0.1, 0.15) is 42.9 Å². The van der Waals surface area contributed by atoms with E-state index in [0.29, 0.717) is 5.92 Å². The molecule has 2 aromatic rings. The normalized spacial score (nSPS) is 13.3. The van der Waals surface area contributed by atoms with Crippen molar-refractivity contribution in [2.24, 2.45) is 0 Å². The summed E-state index contributed by atoms with van der Waals surface area (Å²) >= 11 is 0. The van der Waals surface area contributed by atoms with Gasteiger partial charge in [0, 0.05) is 5.39 Å². The van der Waals surface area contributed by atoms with Crippen molar-refractivity contribution in [3.05, 3.63) is 29.0 Å². The van der Waals surface area contributed by atoms with Gasteiger partial charge >= 0.3 is 0 Å². The number of nitrogens with one attached hydrogen (secondary N) is 1. The summed E-state index contributed by atoms with van der Waals surface area (Å²) in [6.45, 7) is 8.90. The Hall–Kier alpha value is -1.31. The van der Waals surface area contributed by atoms with Crippen LogP contribution in [0.15, 0.2) is 12.3 Å². The first-order chi connectivity index (χ1) is 7.15. The van der Waals surface area contributed by atoms with E-state index in [4.69, 9.17) is 0 Å². The third kappa shape index (κ3) is 1.54. The number of aromatic amines is 1. The van der Waals surface area contributed by atoms with Gasteiger partial charge in [0.2, 0.25) is 0 Å². The van der Waals surface area contributed by atoms with E-state index in [1.165, 1.54) is 28.5 Å². The minimum atomic E-state index is 0.602. The Labute approximate surface area is 90.7 Å². The molecular weight excluding hydrogens is 184 g/mol. The van der Waals surface area contributed by atoms with E-state index >= 15 is 0 Å². The summed E-state index contributed by atoms with van der Waals surface area (Å²) in [5.41, 5.74) is 5.38. The summed E-state index contributed by atoms with van der Waals surface area (Å²) in [7, 11) is 0. The van der Waals surface area contributed by atoms with Gasteiger partial charge in [-0.15, -0.1) is 0 Å². The molecule has 0 aliphatic carbocycles. The average molecular weight is 202 g/mol. The zero-order valence-corrected chi connectivity index (χ0v) is 9.89. The van der Waals surface area contributed by atoms with Gasteiger partial charge in [-0.25, -0.2) is 0 Å². The highest BCUT2D eigenvalue weighted by Gasteiger charge is 2.13. The molecule has 2 nitrogen and oxygen atoms in total. The molecule has 1 unspecified atom stereocenters. The smallest absolute Gasteiger partial charge is 0.0656 e. The van der Waals surface area contributed by atoms with E-state index in [1.807, 2.05) is 6.20 Å². The predicted molar refractivity (Wildman–Crippen MR) is 64.3 cm³/mol. The second-order valence-electron chi connectivity index (χ2n) is 4.37. The largest absolute Gasteiger partial charge is 0.278 e. The number of benzene rings is 1. The third-order valence-corrected chi connectivity index (χ3v) is 3.42. The van der Waals surface area contributed by atoms with Crippen LogP contribution in [0.2, 0.25) is 0 Å². The number of rotatable bonds is 2. The van der Waals surface area contributed by atoms with Crippen LogP contribution in [0.25, 0.3) is 10.9 Å². The van der Waals surface area contributed by atoms with Gasteiger partial charge < -0.3 is 0 Å². The molecule has 1 heterocycles. The van der Waals surface area contributed by atoms with Crippen molar-refractivity contribution < 1.29 is 0 Å². The fraction of sp³-hybridized carbons (Fsp3) is 0.462. The number of fused-ring (bicyclic) bond motifs is 1. The molecule has 0 spiro atoms. The molecule has 2 rings (SSSR count). The predicted octanol–water partition coefficient (Wildman–Crippen LogP) is 3.69. The van der Waals surface area contributed by atoms with Crippen LogP contribution in [0, 0.1) is 13.8 Å². The minimum absolute atomic E-state index is 0.602. The van der Waals surface area contributed by atoms with E-state index < -0.39 is 0 Å². The topological polar surface area (TPSA) is 28.7 Å². The van der Waals surface area contributed by atoms with Crippen molar-refractivity contribution >= 4 is 10.9 Å². The second-order valence-corrected chi connectivity index (χ2v) is 4.37. The second kappa shape index (κ2) is 3.69. The first-order valence-corrected chi connectivity index (χ1v) is 5.58. The minimum Gasteiger partial charge on any atom is -0.278 e. The molecule has 0 aliphatic heterocycles. The number of aryl methyl sites for hydroxylation is 1. The maximum absolute atomic E-state index is 4.14. The Morgan fingerprint density at radius 1 is 1.40 bits per heavy atom. The molecule has 1 aromatic carbocycles. The Kier molecular flexibility index (Phi) is 2.51. The molecule has 1 atom stereocenters. The molecule has 15 heavy (non-hydrogen) atoms. The van der Waals surface area contributed by atoms with Gasteiger partial charge in [0.05, 0.1) is 11.7 Å².